The molecule has 1 fully saturated rings. The van der Waals surface area contributed by atoms with Crippen LogP contribution in [0.1, 0.15) is 31.7 Å². The van der Waals surface area contributed by atoms with Crippen molar-refractivity contribution >= 4 is 17.5 Å². The highest BCUT2D eigenvalue weighted by Crippen LogP contribution is 2.27. The highest BCUT2D eigenvalue weighted by molar-refractivity contribution is 6.40. The number of hydrogen-bond donors (Lipinski definition) is 0. The summed E-state index contributed by atoms with van der Waals surface area (Å²) < 4.78 is 0. The van der Waals surface area contributed by atoms with Crippen LogP contribution in [0.15, 0.2) is 24.3 Å². The molecule has 1 aromatic rings. The molecule has 21 heavy (non-hydrogen) atoms. The maximum Gasteiger partial charge on any atom is 0.316 e. The third-order valence-electron chi connectivity index (χ3n) is 4.61. The molecule has 3 rings (SSSR count). The Bertz CT molecular complexity index is 547. The van der Waals surface area contributed by atoms with Crippen molar-refractivity contribution in [3.05, 3.63) is 29.8 Å². The number of aryl methyl sites for hydroxylation is 1. The van der Waals surface area contributed by atoms with Crippen molar-refractivity contribution in [2.45, 2.75) is 32.6 Å². The van der Waals surface area contributed by atoms with Crippen LogP contribution in [0.25, 0.3) is 0 Å². The molecular weight excluding hydrogens is 264 g/mol. The number of piperidine rings is 1. The van der Waals surface area contributed by atoms with Gasteiger partial charge in [-0.3, -0.25) is 9.59 Å². The third kappa shape index (κ3) is 2.80. The Kier molecular flexibility index (Phi) is 3.95. The minimum absolute atomic E-state index is 0.335. The minimum atomic E-state index is -0.364. The van der Waals surface area contributed by atoms with Crippen LogP contribution in [-0.2, 0) is 16.0 Å². The number of carbonyl (C=O) groups excluding carboxylic acids is 2. The number of rotatable bonds is 0. The largest absolute Gasteiger partial charge is 0.334 e. The quantitative estimate of drug-likeness (QED) is 0.686. The Labute approximate surface area is 125 Å². The molecule has 0 saturated carbocycles. The third-order valence-corrected chi connectivity index (χ3v) is 4.61. The number of likely N-dealkylation sites (tertiary alicyclic amines) is 1. The summed E-state index contributed by atoms with van der Waals surface area (Å²) in [5, 5.41) is 0. The summed E-state index contributed by atoms with van der Waals surface area (Å²) in [4.78, 5) is 28.4. The monoisotopic (exact) mass is 286 g/mol. The Balaban J connectivity index is 1.75. The second-order valence-electron chi connectivity index (χ2n) is 6.16. The molecule has 4 nitrogen and oxygen atoms in total. The van der Waals surface area contributed by atoms with Crippen molar-refractivity contribution in [1.29, 1.82) is 0 Å². The van der Waals surface area contributed by atoms with E-state index in [9.17, 15) is 9.59 Å². The first-order chi connectivity index (χ1) is 10.2. The van der Waals surface area contributed by atoms with Gasteiger partial charge in [-0.25, -0.2) is 0 Å². The van der Waals surface area contributed by atoms with Crippen LogP contribution in [-0.4, -0.2) is 36.3 Å². The van der Waals surface area contributed by atoms with E-state index in [0.717, 1.165) is 36.9 Å². The zero-order valence-electron chi connectivity index (χ0n) is 12.5. The molecule has 0 radical (unpaired) electrons. The molecule has 0 spiro atoms. The standard InChI is InChI=1S/C17H22N2O2/c1-13-8-11-18(12-9-13)16(20)17(21)19-10-4-6-14-5-2-3-7-15(14)19/h2-3,5,7,13H,4,6,8-12H2,1H3. The molecule has 2 amide bonds. The average molecular weight is 286 g/mol. The van der Waals surface area contributed by atoms with Crippen molar-refractivity contribution in [3.8, 4) is 0 Å². The summed E-state index contributed by atoms with van der Waals surface area (Å²) >= 11 is 0. The minimum Gasteiger partial charge on any atom is -0.334 e. The average Bonchev–Trinajstić information content (AvgIpc) is 2.53. The van der Waals surface area contributed by atoms with Crippen LogP contribution in [0.3, 0.4) is 0 Å². The smallest absolute Gasteiger partial charge is 0.316 e. The molecule has 1 saturated heterocycles. The second kappa shape index (κ2) is 5.88. The maximum absolute atomic E-state index is 12.6. The number of fused-ring (bicyclic) bond motifs is 1. The van der Waals surface area contributed by atoms with E-state index in [1.165, 1.54) is 0 Å². The topological polar surface area (TPSA) is 40.6 Å². The van der Waals surface area contributed by atoms with Gasteiger partial charge in [0.1, 0.15) is 0 Å². The fraction of sp³-hybridized carbons (Fsp3) is 0.529. The Morgan fingerprint density at radius 1 is 1.05 bits per heavy atom. The molecule has 0 atom stereocenters. The lowest BCUT2D eigenvalue weighted by Gasteiger charge is -2.33. The number of benzene rings is 1. The highest BCUT2D eigenvalue weighted by Gasteiger charge is 2.31. The van der Waals surface area contributed by atoms with Crippen LogP contribution in [0.2, 0.25) is 0 Å². The summed E-state index contributed by atoms with van der Waals surface area (Å²) in [5.41, 5.74) is 2.07. The first kappa shape index (κ1) is 14.1. The summed E-state index contributed by atoms with van der Waals surface area (Å²) in [6.07, 6.45) is 3.90. The van der Waals surface area contributed by atoms with Gasteiger partial charge in [0.15, 0.2) is 0 Å². The summed E-state index contributed by atoms with van der Waals surface area (Å²) in [6, 6.07) is 7.90. The van der Waals surface area contributed by atoms with Gasteiger partial charge < -0.3 is 9.80 Å². The number of hydrogen-bond acceptors (Lipinski definition) is 2. The lowest BCUT2D eigenvalue weighted by molar-refractivity contribution is -0.145. The van der Waals surface area contributed by atoms with E-state index in [2.05, 4.69) is 6.92 Å². The maximum atomic E-state index is 12.6. The van der Waals surface area contributed by atoms with Gasteiger partial charge in [0.2, 0.25) is 0 Å². The molecule has 1 aromatic carbocycles. The Hall–Kier alpha value is -1.84. The molecule has 0 aliphatic carbocycles. The summed E-state index contributed by atoms with van der Waals surface area (Å²) in [7, 11) is 0. The molecule has 0 aromatic heterocycles. The number of carbonyl (C=O) groups is 2. The molecule has 2 heterocycles. The van der Waals surface area contributed by atoms with Crippen molar-refractivity contribution in [2.75, 3.05) is 24.5 Å². The fourth-order valence-corrected chi connectivity index (χ4v) is 3.21. The van der Waals surface area contributed by atoms with Gasteiger partial charge >= 0.3 is 11.8 Å². The van der Waals surface area contributed by atoms with Gasteiger partial charge in [-0.1, -0.05) is 25.1 Å². The number of amides is 2. The van der Waals surface area contributed by atoms with Crippen molar-refractivity contribution < 1.29 is 9.59 Å². The van der Waals surface area contributed by atoms with Crippen LogP contribution in [0.4, 0.5) is 5.69 Å². The lowest BCUT2D eigenvalue weighted by Crippen LogP contribution is -2.49. The molecule has 2 aliphatic heterocycles. The van der Waals surface area contributed by atoms with E-state index >= 15 is 0 Å². The van der Waals surface area contributed by atoms with E-state index in [0.29, 0.717) is 25.6 Å². The van der Waals surface area contributed by atoms with Crippen molar-refractivity contribution in [3.63, 3.8) is 0 Å². The van der Waals surface area contributed by atoms with Gasteiger partial charge in [-0.15, -0.1) is 0 Å². The normalized spacial score (nSPS) is 19.3. The molecular formula is C17H22N2O2. The van der Waals surface area contributed by atoms with Crippen molar-refractivity contribution in [2.24, 2.45) is 5.92 Å². The van der Waals surface area contributed by atoms with Gasteiger partial charge in [0, 0.05) is 25.3 Å². The number of anilines is 1. The van der Waals surface area contributed by atoms with Crippen molar-refractivity contribution in [1.82, 2.24) is 4.90 Å². The van der Waals surface area contributed by atoms with Gasteiger partial charge in [0.25, 0.3) is 0 Å². The van der Waals surface area contributed by atoms with Gasteiger partial charge in [-0.2, -0.15) is 0 Å². The first-order valence-electron chi connectivity index (χ1n) is 7.85. The zero-order chi connectivity index (χ0) is 14.8. The van der Waals surface area contributed by atoms with Crippen LogP contribution in [0, 0.1) is 5.92 Å². The zero-order valence-corrected chi connectivity index (χ0v) is 12.5. The van der Waals surface area contributed by atoms with Crippen LogP contribution >= 0.6 is 0 Å². The molecule has 2 aliphatic rings. The van der Waals surface area contributed by atoms with E-state index in [1.54, 1.807) is 9.80 Å². The molecule has 4 heteroatoms. The van der Waals surface area contributed by atoms with Crippen LogP contribution < -0.4 is 4.90 Å². The predicted molar refractivity (Wildman–Crippen MR) is 82.1 cm³/mol. The molecule has 112 valence electrons. The summed E-state index contributed by atoms with van der Waals surface area (Å²) in [5.74, 6) is -0.0461. The first-order valence-corrected chi connectivity index (χ1v) is 7.85. The fourth-order valence-electron chi connectivity index (χ4n) is 3.21. The van der Waals surface area contributed by atoms with E-state index in [1.807, 2.05) is 24.3 Å². The van der Waals surface area contributed by atoms with E-state index in [4.69, 9.17) is 0 Å². The van der Waals surface area contributed by atoms with E-state index < -0.39 is 0 Å². The Morgan fingerprint density at radius 3 is 2.52 bits per heavy atom. The highest BCUT2D eigenvalue weighted by atomic mass is 16.2. The van der Waals surface area contributed by atoms with Gasteiger partial charge in [-0.05, 0) is 43.2 Å². The SMILES string of the molecule is CC1CCN(C(=O)C(=O)N2CCCc3ccccc32)CC1. The Morgan fingerprint density at radius 2 is 1.76 bits per heavy atom. The van der Waals surface area contributed by atoms with Gasteiger partial charge in [0.05, 0.1) is 0 Å². The molecule has 0 unspecified atom stereocenters. The molecule has 0 N–H and O–H groups in total. The molecule has 0 bridgehead atoms. The van der Waals surface area contributed by atoms with E-state index in [-0.39, 0.29) is 11.8 Å². The van der Waals surface area contributed by atoms with Crippen LogP contribution in [0.5, 0.6) is 0 Å². The lowest BCUT2D eigenvalue weighted by atomic mass is 9.99. The number of nitrogens with zero attached hydrogens (tertiary/aromatic N) is 2. The number of para-hydroxylation sites is 1. The summed E-state index contributed by atoms with van der Waals surface area (Å²) in [6.45, 7) is 4.26. The second-order valence-corrected chi connectivity index (χ2v) is 6.16. The predicted octanol–water partition coefficient (Wildman–Crippen LogP) is 2.22.